The summed E-state index contributed by atoms with van der Waals surface area (Å²) in [5, 5.41) is 14.0. The minimum atomic E-state index is -0.608. The second-order valence-corrected chi connectivity index (χ2v) is 5.87. The van der Waals surface area contributed by atoms with Crippen molar-refractivity contribution in [2.24, 2.45) is 5.92 Å². The van der Waals surface area contributed by atoms with Gasteiger partial charge in [0.2, 0.25) is 0 Å². The number of para-hydroxylation sites is 1. The van der Waals surface area contributed by atoms with Crippen LogP contribution in [-0.4, -0.2) is 17.9 Å². The number of hydrogen-bond donors (Lipinski definition) is 1. The number of nitro benzene ring substituents is 1. The Bertz CT molecular complexity index is 762. The van der Waals surface area contributed by atoms with Crippen molar-refractivity contribution in [2.75, 3.05) is 12.4 Å². The number of carbonyl (C=O) groups excluding carboxylic acids is 1. The number of benzene rings is 2. The summed E-state index contributed by atoms with van der Waals surface area (Å²) in [5.41, 5.74) is 1.34. The molecule has 1 amide bonds. The van der Waals surface area contributed by atoms with Gasteiger partial charge in [-0.15, -0.1) is 0 Å². The van der Waals surface area contributed by atoms with E-state index in [1.165, 1.54) is 19.2 Å². The Balaban J connectivity index is 0.00000312. The number of ether oxygens (including phenoxy) is 1. The molecule has 0 unspecified atom stereocenters. The third kappa shape index (κ3) is 5.61. The third-order valence-electron chi connectivity index (χ3n) is 3.47. The van der Waals surface area contributed by atoms with Crippen molar-refractivity contribution < 1.29 is 47.2 Å². The van der Waals surface area contributed by atoms with Gasteiger partial charge in [0.05, 0.1) is 12.0 Å². The maximum Gasteiger partial charge on any atom is 0.323 e. The van der Waals surface area contributed by atoms with E-state index in [4.69, 9.17) is 4.74 Å². The van der Waals surface area contributed by atoms with Crippen LogP contribution in [0.3, 0.4) is 0 Å². The molecule has 2 aromatic rings. The quantitative estimate of drug-likeness (QED) is 0.568. The summed E-state index contributed by atoms with van der Waals surface area (Å²) in [7, 11) is 1.33. The molecule has 0 atom stereocenters. The van der Waals surface area contributed by atoms with E-state index in [1.54, 1.807) is 12.1 Å². The maximum atomic E-state index is 12.5. The van der Waals surface area contributed by atoms with Gasteiger partial charge in [0.25, 0.3) is 5.91 Å². The van der Waals surface area contributed by atoms with Crippen molar-refractivity contribution in [2.45, 2.75) is 20.3 Å². The number of anilines is 1. The first-order valence-electron chi connectivity index (χ1n) is 7.64. The van der Waals surface area contributed by atoms with E-state index >= 15 is 0 Å². The van der Waals surface area contributed by atoms with Gasteiger partial charge < -0.3 is 10.1 Å². The molecule has 0 aliphatic carbocycles. The first kappa shape index (κ1) is 21.3. The van der Waals surface area contributed by atoms with Crippen LogP contribution in [-0.2, 0) is 39.1 Å². The number of methoxy groups -OCH3 is 1. The number of rotatable bonds is 6. The SMILES string of the molecule is COc1cccc(C(=O)Nc2cccc(CC(C)C)c2)c1[N+](=O)[O-].[Y]. The Labute approximate surface area is 172 Å². The molecule has 7 heteroatoms. The molecule has 2 rings (SSSR count). The van der Waals surface area contributed by atoms with Crippen LogP contribution in [0, 0.1) is 16.0 Å². The zero-order valence-corrected chi connectivity index (χ0v) is 17.3. The van der Waals surface area contributed by atoms with Gasteiger partial charge in [-0.2, -0.15) is 0 Å². The minimum absolute atomic E-state index is 0. The van der Waals surface area contributed by atoms with Crippen molar-refractivity contribution in [1.82, 2.24) is 0 Å². The summed E-state index contributed by atoms with van der Waals surface area (Å²) in [6.45, 7) is 4.23. The number of nitrogens with one attached hydrogen (secondary N) is 1. The molecule has 2 aromatic carbocycles. The molecular weight excluding hydrogens is 397 g/mol. The van der Waals surface area contributed by atoms with E-state index in [9.17, 15) is 14.9 Å². The summed E-state index contributed by atoms with van der Waals surface area (Å²) in [4.78, 5) is 23.1. The molecule has 25 heavy (non-hydrogen) atoms. The zero-order valence-electron chi connectivity index (χ0n) is 14.5. The van der Waals surface area contributed by atoms with E-state index in [0.717, 1.165) is 12.0 Å². The topological polar surface area (TPSA) is 81.5 Å². The average Bonchev–Trinajstić information content (AvgIpc) is 2.53. The molecule has 0 fully saturated rings. The van der Waals surface area contributed by atoms with Crippen LogP contribution in [0.25, 0.3) is 0 Å². The van der Waals surface area contributed by atoms with Crippen LogP contribution < -0.4 is 10.1 Å². The van der Waals surface area contributed by atoms with E-state index < -0.39 is 10.8 Å². The van der Waals surface area contributed by atoms with E-state index in [1.807, 2.05) is 18.2 Å². The molecule has 0 saturated carbocycles. The monoisotopic (exact) mass is 417 g/mol. The van der Waals surface area contributed by atoms with E-state index in [-0.39, 0.29) is 49.7 Å². The Morgan fingerprint density at radius 2 is 1.92 bits per heavy atom. The number of hydrogen-bond acceptors (Lipinski definition) is 4. The van der Waals surface area contributed by atoms with Crippen LogP contribution >= 0.6 is 0 Å². The largest absolute Gasteiger partial charge is 0.490 e. The van der Waals surface area contributed by atoms with Gasteiger partial charge in [0, 0.05) is 38.4 Å². The molecule has 0 heterocycles. The van der Waals surface area contributed by atoms with Gasteiger partial charge in [-0.3, -0.25) is 14.9 Å². The van der Waals surface area contributed by atoms with Crippen molar-refractivity contribution >= 4 is 17.3 Å². The first-order chi connectivity index (χ1) is 11.4. The number of nitro groups is 1. The number of amides is 1. The molecule has 129 valence electrons. The van der Waals surface area contributed by atoms with Gasteiger partial charge in [-0.1, -0.05) is 32.0 Å². The Kier molecular flexibility index (Phi) is 8.19. The summed E-state index contributed by atoms with van der Waals surface area (Å²) in [5.74, 6) is 0.0129. The molecule has 0 saturated heterocycles. The van der Waals surface area contributed by atoms with Crippen LogP contribution in [0.4, 0.5) is 11.4 Å². The fraction of sp³-hybridized carbons (Fsp3) is 0.278. The molecule has 6 nitrogen and oxygen atoms in total. The molecule has 0 aliphatic heterocycles. The van der Waals surface area contributed by atoms with Crippen LogP contribution in [0.2, 0.25) is 0 Å². The van der Waals surface area contributed by atoms with Crippen LogP contribution in [0.1, 0.15) is 29.8 Å². The molecule has 0 aromatic heterocycles. The normalized spacial score (nSPS) is 10.1. The van der Waals surface area contributed by atoms with Crippen LogP contribution in [0.5, 0.6) is 5.75 Å². The van der Waals surface area contributed by atoms with Gasteiger partial charge in [-0.25, -0.2) is 0 Å². The van der Waals surface area contributed by atoms with Crippen LogP contribution in [0.15, 0.2) is 42.5 Å². The van der Waals surface area contributed by atoms with Crippen molar-refractivity contribution in [3.05, 3.63) is 63.7 Å². The predicted molar refractivity (Wildman–Crippen MR) is 92.6 cm³/mol. The number of nitrogens with zero attached hydrogens (tertiary/aromatic N) is 1. The van der Waals surface area contributed by atoms with Gasteiger partial charge in [-0.05, 0) is 42.2 Å². The van der Waals surface area contributed by atoms with Gasteiger partial charge in [0.1, 0.15) is 5.56 Å². The van der Waals surface area contributed by atoms with Gasteiger partial charge >= 0.3 is 5.69 Å². The Hall–Kier alpha value is -1.79. The van der Waals surface area contributed by atoms with Gasteiger partial charge in [0.15, 0.2) is 5.75 Å². The standard InChI is InChI=1S/C18H20N2O4.Y/c1-12(2)10-13-6-4-7-14(11-13)19-18(21)15-8-5-9-16(24-3)17(15)20(22)23;/h4-9,11-12H,10H2,1-3H3,(H,19,21);. The maximum absolute atomic E-state index is 12.5. The average molecular weight is 417 g/mol. The van der Waals surface area contributed by atoms with Crippen molar-refractivity contribution in [1.29, 1.82) is 0 Å². The molecule has 0 aliphatic rings. The number of carbonyl (C=O) groups is 1. The molecule has 1 radical (unpaired) electrons. The smallest absolute Gasteiger partial charge is 0.323 e. The third-order valence-corrected chi connectivity index (χ3v) is 3.47. The predicted octanol–water partition coefficient (Wildman–Crippen LogP) is 4.05. The minimum Gasteiger partial charge on any atom is -0.490 e. The molecule has 0 spiro atoms. The van der Waals surface area contributed by atoms with Crippen molar-refractivity contribution in [3.8, 4) is 5.75 Å². The van der Waals surface area contributed by atoms with E-state index in [2.05, 4.69) is 19.2 Å². The summed E-state index contributed by atoms with van der Waals surface area (Å²) in [6.07, 6.45) is 0.892. The zero-order chi connectivity index (χ0) is 17.7. The summed E-state index contributed by atoms with van der Waals surface area (Å²) < 4.78 is 4.99. The van der Waals surface area contributed by atoms with Crippen molar-refractivity contribution in [3.63, 3.8) is 0 Å². The second-order valence-electron chi connectivity index (χ2n) is 5.87. The molecule has 0 bridgehead atoms. The van der Waals surface area contributed by atoms with E-state index in [0.29, 0.717) is 11.6 Å². The Morgan fingerprint density at radius 3 is 2.52 bits per heavy atom. The summed E-state index contributed by atoms with van der Waals surface area (Å²) >= 11 is 0. The molecular formula is C18H20N2O4Y. The fourth-order valence-electron chi connectivity index (χ4n) is 2.50. The Morgan fingerprint density at radius 1 is 1.24 bits per heavy atom. The summed E-state index contributed by atoms with van der Waals surface area (Å²) in [6, 6.07) is 11.9. The molecule has 1 N–H and O–H groups in total. The second kappa shape index (κ2) is 9.63. The first-order valence-corrected chi connectivity index (χ1v) is 7.64. The fourth-order valence-corrected chi connectivity index (χ4v) is 2.50.